The van der Waals surface area contributed by atoms with Gasteiger partial charge in [-0.2, -0.15) is 0 Å². The molecule has 1 aromatic rings. The number of nitrogens with zero attached hydrogens (tertiary/aromatic N) is 1. The monoisotopic (exact) mass is 217 g/mol. The van der Waals surface area contributed by atoms with Crippen molar-refractivity contribution in [2.75, 3.05) is 0 Å². The molecule has 1 heterocycles. The lowest BCUT2D eigenvalue weighted by molar-refractivity contribution is 0.280. The maximum atomic E-state index is 11.1. The SMILES string of the molecule is Cn1cc(CO)cc(Br)c1=O. The van der Waals surface area contributed by atoms with Gasteiger partial charge in [-0.15, -0.1) is 0 Å². The van der Waals surface area contributed by atoms with Crippen LogP contribution in [-0.2, 0) is 13.7 Å². The van der Waals surface area contributed by atoms with Gasteiger partial charge in [0.1, 0.15) is 0 Å². The lowest BCUT2D eigenvalue weighted by atomic mass is 10.3. The Hall–Kier alpha value is -0.610. The zero-order valence-corrected chi connectivity index (χ0v) is 7.63. The fourth-order valence-corrected chi connectivity index (χ4v) is 1.40. The van der Waals surface area contributed by atoms with Crippen LogP contribution in [0, 0.1) is 0 Å². The van der Waals surface area contributed by atoms with E-state index in [2.05, 4.69) is 15.9 Å². The number of pyridine rings is 1. The number of hydrogen-bond donors (Lipinski definition) is 1. The summed E-state index contributed by atoms with van der Waals surface area (Å²) in [6, 6.07) is 1.61. The van der Waals surface area contributed by atoms with Gasteiger partial charge in [-0.3, -0.25) is 4.79 Å². The van der Waals surface area contributed by atoms with Gasteiger partial charge in [0.25, 0.3) is 5.56 Å². The molecule has 3 nitrogen and oxygen atoms in total. The topological polar surface area (TPSA) is 42.2 Å². The molecule has 1 rings (SSSR count). The molecule has 60 valence electrons. The van der Waals surface area contributed by atoms with Crippen molar-refractivity contribution in [1.29, 1.82) is 0 Å². The third kappa shape index (κ3) is 1.70. The first-order valence-electron chi connectivity index (χ1n) is 3.11. The summed E-state index contributed by atoms with van der Waals surface area (Å²) in [5.41, 5.74) is 0.626. The molecule has 0 saturated heterocycles. The molecule has 0 saturated carbocycles. The van der Waals surface area contributed by atoms with E-state index in [1.54, 1.807) is 19.3 Å². The quantitative estimate of drug-likeness (QED) is 0.751. The molecular formula is C7H8BrNO2. The van der Waals surface area contributed by atoms with Gasteiger partial charge in [0.2, 0.25) is 0 Å². The normalized spacial score (nSPS) is 10.1. The average molecular weight is 218 g/mol. The Labute approximate surface area is 72.4 Å². The van der Waals surface area contributed by atoms with E-state index in [1.165, 1.54) is 4.57 Å². The highest BCUT2D eigenvalue weighted by atomic mass is 79.9. The van der Waals surface area contributed by atoms with Crippen LogP contribution in [0.2, 0.25) is 0 Å². The van der Waals surface area contributed by atoms with Gasteiger partial charge in [-0.05, 0) is 27.6 Å². The van der Waals surface area contributed by atoms with E-state index in [4.69, 9.17) is 5.11 Å². The second-order valence-electron chi connectivity index (χ2n) is 2.27. The summed E-state index contributed by atoms with van der Waals surface area (Å²) >= 11 is 3.09. The summed E-state index contributed by atoms with van der Waals surface area (Å²) in [5.74, 6) is 0. The Morgan fingerprint density at radius 3 is 2.82 bits per heavy atom. The van der Waals surface area contributed by atoms with Gasteiger partial charge in [-0.1, -0.05) is 0 Å². The van der Waals surface area contributed by atoms with Crippen LogP contribution < -0.4 is 5.56 Å². The number of hydrogen-bond acceptors (Lipinski definition) is 2. The first kappa shape index (κ1) is 8.49. The molecule has 0 aliphatic rings. The van der Waals surface area contributed by atoms with E-state index in [1.807, 2.05) is 0 Å². The molecule has 1 aromatic heterocycles. The average Bonchev–Trinajstić information content (AvgIpc) is 1.99. The van der Waals surface area contributed by atoms with E-state index in [9.17, 15) is 4.79 Å². The van der Waals surface area contributed by atoms with Gasteiger partial charge < -0.3 is 9.67 Å². The first-order valence-corrected chi connectivity index (χ1v) is 3.90. The van der Waals surface area contributed by atoms with Crippen LogP contribution in [0.4, 0.5) is 0 Å². The van der Waals surface area contributed by atoms with Gasteiger partial charge in [0.15, 0.2) is 0 Å². The number of halogens is 1. The largest absolute Gasteiger partial charge is 0.392 e. The van der Waals surface area contributed by atoms with Crippen molar-refractivity contribution in [3.05, 3.63) is 32.7 Å². The number of aliphatic hydroxyl groups excluding tert-OH is 1. The van der Waals surface area contributed by atoms with Gasteiger partial charge in [0, 0.05) is 13.2 Å². The van der Waals surface area contributed by atoms with E-state index in [0.717, 1.165) is 5.56 Å². The Balaban J connectivity index is 3.32. The van der Waals surface area contributed by atoms with Crippen molar-refractivity contribution in [2.24, 2.45) is 7.05 Å². The molecule has 0 spiro atoms. The lowest BCUT2D eigenvalue weighted by Gasteiger charge is -2.00. The highest BCUT2D eigenvalue weighted by molar-refractivity contribution is 9.10. The third-order valence-corrected chi connectivity index (χ3v) is 1.95. The summed E-state index contributed by atoms with van der Waals surface area (Å²) in [6.45, 7) is -0.0489. The molecule has 0 aromatic carbocycles. The van der Waals surface area contributed by atoms with Crippen LogP contribution in [0.25, 0.3) is 0 Å². The van der Waals surface area contributed by atoms with Crippen LogP contribution in [0.5, 0.6) is 0 Å². The van der Waals surface area contributed by atoms with Crippen molar-refractivity contribution in [2.45, 2.75) is 6.61 Å². The van der Waals surface area contributed by atoms with Crippen molar-refractivity contribution in [3.8, 4) is 0 Å². The Bertz CT molecular complexity index is 292. The molecule has 4 heteroatoms. The van der Waals surface area contributed by atoms with Gasteiger partial charge in [0.05, 0.1) is 11.1 Å². The maximum absolute atomic E-state index is 11.1. The summed E-state index contributed by atoms with van der Waals surface area (Å²) < 4.78 is 1.90. The maximum Gasteiger partial charge on any atom is 0.264 e. The lowest BCUT2D eigenvalue weighted by Crippen LogP contribution is -2.17. The summed E-state index contributed by atoms with van der Waals surface area (Å²) in [4.78, 5) is 11.1. The third-order valence-electron chi connectivity index (χ3n) is 1.38. The van der Waals surface area contributed by atoms with Crippen LogP contribution in [0.3, 0.4) is 0 Å². The molecule has 11 heavy (non-hydrogen) atoms. The molecule has 0 atom stereocenters. The minimum Gasteiger partial charge on any atom is -0.392 e. The fourth-order valence-electron chi connectivity index (χ4n) is 0.824. The molecule has 0 aliphatic heterocycles. The smallest absolute Gasteiger partial charge is 0.264 e. The number of aromatic nitrogens is 1. The second kappa shape index (κ2) is 3.19. The number of aryl methyl sites for hydroxylation is 1. The van der Waals surface area contributed by atoms with Crippen LogP contribution in [0.1, 0.15) is 5.56 Å². The zero-order valence-electron chi connectivity index (χ0n) is 6.04. The highest BCUT2D eigenvalue weighted by Gasteiger charge is 1.99. The summed E-state index contributed by atoms with van der Waals surface area (Å²) in [6.07, 6.45) is 1.60. The molecule has 0 bridgehead atoms. The molecule has 0 unspecified atom stereocenters. The standard InChI is InChI=1S/C7H8BrNO2/c1-9-3-5(4-10)2-6(8)7(9)11/h2-3,10H,4H2,1H3. The van der Waals surface area contributed by atoms with Crippen molar-refractivity contribution in [3.63, 3.8) is 0 Å². The predicted molar refractivity (Wildman–Crippen MR) is 45.3 cm³/mol. The zero-order chi connectivity index (χ0) is 8.43. The van der Waals surface area contributed by atoms with E-state index >= 15 is 0 Å². The first-order chi connectivity index (χ1) is 5.15. The van der Waals surface area contributed by atoms with E-state index in [-0.39, 0.29) is 12.2 Å². The van der Waals surface area contributed by atoms with Crippen LogP contribution in [-0.4, -0.2) is 9.67 Å². The minimum atomic E-state index is -0.0952. The molecule has 0 aliphatic carbocycles. The fraction of sp³-hybridized carbons (Fsp3) is 0.286. The van der Waals surface area contributed by atoms with Crippen molar-refractivity contribution >= 4 is 15.9 Å². The summed E-state index contributed by atoms with van der Waals surface area (Å²) in [5, 5.41) is 8.74. The van der Waals surface area contributed by atoms with Crippen molar-refractivity contribution in [1.82, 2.24) is 4.57 Å². The van der Waals surface area contributed by atoms with E-state index in [0.29, 0.717) is 4.47 Å². The Kier molecular flexibility index (Phi) is 2.46. The molecule has 1 N–H and O–H groups in total. The van der Waals surface area contributed by atoms with E-state index < -0.39 is 0 Å². The number of aliphatic hydroxyl groups is 1. The van der Waals surface area contributed by atoms with Gasteiger partial charge in [-0.25, -0.2) is 0 Å². The molecule has 0 fully saturated rings. The molecule has 0 radical (unpaired) electrons. The second-order valence-corrected chi connectivity index (χ2v) is 3.12. The predicted octanol–water partition coefficient (Wildman–Crippen LogP) is 0.640. The van der Waals surface area contributed by atoms with Crippen LogP contribution in [0.15, 0.2) is 21.5 Å². The van der Waals surface area contributed by atoms with Crippen molar-refractivity contribution < 1.29 is 5.11 Å². The molecular weight excluding hydrogens is 210 g/mol. The number of rotatable bonds is 1. The Morgan fingerprint density at radius 1 is 1.73 bits per heavy atom. The van der Waals surface area contributed by atoms with Crippen LogP contribution >= 0.6 is 15.9 Å². The molecule has 0 amide bonds. The minimum absolute atomic E-state index is 0.0489. The highest BCUT2D eigenvalue weighted by Crippen LogP contribution is 2.05. The van der Waals surface area contributed by atoms with Gasteiger partial charge >= 0.3 is 0 Å². The Morgan fingerprint density at radius 2 is 2.36 bits per heavy atom. The summed E-state index contributed by atoms with van der Waals surface area (Å²) in [7, 11) is 1.65.